The van der Waals surface area contributed by atoms with Crippen LogP contribution in [0.15, 0.2) is 42.7 Å². The second kappa shape index (κ2) is 10.6. The van der Waals surface area contributed by atoms with Crippen molar-refractivity contribution in [1.29, 1.82) is 0 Å². The molecule has 0 bridgehead atoms. The van der Waals surface area contributed by atoms with Gasteiger partial charge in [-0.05, 0) is 42.7 Å². The van der Waals surface area contributed by atoms with E-state index in [4.69, 9.17) is 27.9 Å². The molecule has 1 unspecified atom stereocenters. The van der Waals surface area contributed by atoms with Crippen LogP contribution in [0, 0.1) is 11.7 Å². The number of hydrogen-bond donors (Lipinski definition) is 1. The van der Waals surface area contributed by atoms with Crippen LogP contribution in [0.5, 0.6) is 0 Å². The molecule has 2 fully saturated rings. The largest absolute Gasteiger partial charge is 0.378 e. The number of amides is 1. The minimum absolute atomic E-state index is 0.305. The van der Waals surface area contributed by atoms with E-state index in [-0.39, 0.29) is 5.91 Å². The van der Waals surface area contributed by atoms with Crippen molar-refractivity contribution in [2.45, 2.75) is 13.3 Å². The Morgan fingerprint density at radius 2 is 1.72 bits per heavy atom. The number of ether oxygens (including phenoxy) is 1. The van der Waals surface area contributed by atoms with Gasteiger partial charge in [0.15, 0.2) is 0 Å². The molecule has 1 amide bonds. The molecule has 0 spiro atoms. The van der Waals surface area contributed by atoms with Crippen molar-refractivity contribution in [3.63, 3.8) is 0 Å². The lowest BCUT2D eigenvalue weighted by Gasteiger charge is -2.26. The number of carbonyl (C=O) groups excluding carboxylic acids is 1. The van der Waals surface area contributed by atoms with E-state index in [0.29, 0.717) is 76.3 Å². The lowest BCUT2D eigenvalue weighted by molar-refractivity contribution is 0.102. The number of carbonyl (C=O) groups is 1. The highest BCUT2D eigenvalue weighted by Gasteiger charge is 2.25. The monoisotopic (exact) mass is 529 g/mol. The van der Waals surface area contributed by atoms with E-state index in [9.17, 15) is 4.79 Å². The summed E-state index contributed by atoms with van der Waals surface area (Å²) in [6.07, 6.45) is 4.21. The molecule has 188 valence electrons. The zero-order valence-electron chi connectivity index (χ0n) is 19.8. The Labute approximate surface area is 219 Å². The topological polar surface area (TPSA) is 70.6 Å². The summed E-state index contributed by atoms with van der Waals surface area (Å²) in [6.45, 7) is 6.38. The third-order valence-electron chi connectivity index (χ3n) is 6.47. The summed E-state index contributed by atoms with van der Waals surface area (Å²) < 4.78 is 20.8. The van der Waals surface area contributed by atoms with E-state index in [2.05, 4.69) is 27.1 Å². The van der Waals surface area contributed by atoms with Gasteiger partial charge in [0.05, 0.1) is 24.6 Å². The molecule has 10 heteroatoms. The van der Waals surface area contributed by atoms with Gasteiger partial charge in [0, 0.05) is 65.3 Å². The predicted octanol–water partition coefficient (Wildman–Crippen LogP) is 5.52. The van der Waals surface area contributed by atoms with Crippen molar-refractivity contribution in [3.05, 3.63) is 64.2 Å². The van der Waals surface area contributed by atoms with Crippen LogP contribution in [0.4, 0.5) is 21.7 Å². The first kappa shape index (κ1) is 24.7. The van der Waals surface area contributed by atoms with Crippen LogP contribution in [-0.4, -0.2) is 55.3 Å². The summed E-state index contributed by atoms with van der Waals surface area (Å²) in [5.41, 5.74) is 2.27. The van der Waals surface area contributed by atoms with Gasteiger partial charge in [-0.15, -0.1) is 0 Å². The average molecular weight is 530 g/mol. The van der Waals surface area contributed by atoms with Crippen LogP contribution in [-0.2, 0) is 4.74 Å². The summed E-state index contributed by atoms with van der Waals surface area (Å²) >= 11 is 12.2. The highest BCUT2D eigenvalue weighted by Crippen LogP contribution is 2.37. The molecule has 1 N–H and O–H groups in total. The third-order valence-corrected chi connectivity index (χ3v) is 6.90. The molecule has 36 heavy (non-hydrogen) atoms. The second-order valence-electron chi connectivity index (χ2n) is 9.17. The van der Waals surface area contributed by atoms with Crippen LogP contribution in [0.1, 0.15) is 23.7 Å². The number of halogens is 3. The molecule has 2 saturated heterocycles. The maximum atomic E-state index is 15.4. The van der Waals surface area contributed by atoms with Gasteiger partial charge in [0.2, 0.25) is 5.95 Å². The Balaban J connectivity index is 1.49. The number of nitrogens with one attached hydrogen (secondary N) is 1. The molecule has 0 saturated carbocycles. The Kier molecular flexibility index (Phi) is 7.27. The van der Waals surface area contributed by atoms with E-state index >= 15 is 4.39 Å². The van der Waals surface area contributed by atoms with Gasteiger partial charge in [0.25, 0.3) is 5.91 Å². The Morgan fingerprint density at radius 1 is 1.03 bits per heavy atom. The van der Waals surface area contributed by atoms with Gasteiger partial charge in [-0.1, -0.05) is 30.1 Å². The van der Waals surface area contributed by atoms with Crippen LogP contribution < -0.4 is 15.1 Å². The van der Waals surface area contributed by atoms with Gasteiger partial charge >= 0.3 is 0 Å². The number of aromatic nitrogens is 2. The minimum atomic E-state index is -0.406. The summed E-state index contributed by atoms with van der Waals surface area (Å²) in [5, 5.41) is 3.67. The van der Waals surface area contributed by atoms with E-state index in [0.717, 1.165) is 19.5 Å². The first-order valence-electron chi connectivity index (χ1n) is 11.9. The van der Waals surface area contributed by atoms with Crippen LogP contribution in [0.2, 0.25) is 10.0 Å². The zero-order valence-corrected chi connectivity index (χ0v) is 21.3. The molecule has 3 heterocycles. The van der Waals surface area contributed by atoms with Crippen molar-refractivity contribution in [2.24, 2.45) is 5.92 Å². The van der Waals surface area contributed by atoms with Crippen molar-refractivity contribution in [1.82, 2.24) is 9.97 Å². The highest BCUT2D eigenvalue weighted by atomic mass is 35.5. The lowest BCUT2D eigenvalue weighted by Crippen LogP contribution is -2.37. The van der Waals surface area contributed by atoms with E-state index < -0.39 is 5.82 Å². The molecule has 2 aliphatic rings. The molecule has 1 atom stereocenters. The van der Waals surface area contributed by atoms with Gasteiger partial charge in [-0.25, -0.2) is 14.4 Å². The summed E-state index contributed by atoms with van der Waals surface area (Å²) in [4.78, 5) is 26.2. The van der Waals surface area contributed by atoms with Crippen LogP contribution >= 0.6 is 23.2 Å². The molecule has 7 nitrogen and oxygen atoms in total. The van der Waals surface area contributed by atoms with E-state index in [1.165, 1.54) is 6.07 Å². The van der Waals surface area contributed by atoms with Crippen LogP contribution in [0.3, 0.4) is 0 Å². The molecule has 2 aromatic carbocycles. The van der Waals surface area contributed by atoms with Crippen molar-refractivity contribution < 1.29 is 13.9 Å². The molecular formula is C26H26Cl2FN5O2. The van der Waals surface area contributed by atoms with Gasteiger partial charge in [0.1, 0.15) is 5.82 Å². The normalized spacial score (nSPS) is 17.9. The SMILES string of the molecule is CC1CCN(c2cc(F)c(-c3cnc(N4CCOCC4)nc3)cc2NC(=O)c2cc(Cl)cc(Cl)c2)C1. The number of rotatable bonds is 5. The number of benzene rings is 2. The van der Waals surface area contributed by atoms with Crippen molar-refractivity contribution >= 4 is 46.4 Å². The van der Waals surface area contributed by atoms with E-state index in [1.54, 1.807) is 36.7 Å². The maximum Gasteiger partial charge on any atom is 0.255 e. The van der Waals surface area contributed by atoms with E-state index in [1.807, 2.05) is 4.90 Å². The molecular weight excluding hydrogens is 504 g/mol. The van der Waals surface area contributed by atoms with Gasteiger partial charge in [-0.3, -0.25) is 4.79 Å². The maximum absolute atomic E-state index is 15.4. The fraction of sp³-hybridized carbons (Fsp3) is 0.346. The number of nitrogens with zero attached hydrogens (tertiary/aromatic N) is 4. The van der Waals surface area contributed by atoms with Gasteiger partial charge < -0.3 is 19.9 Å². The third kappa shape index (κ3) is 5.40. The highest BCUT2D eigenvalue weighted by molar-refractivity contribution is 6.35. The molecule has 0 radical (unpaired) electrons. The molecule has 2 aliphatic heterocycles. The Hall–Kier alpha value is -2.94. The van der Waals surface area contributed by atoms with Crippen LogP contribution in [0.25, 0.3) is 11.1 Å². The minimum Gasteiger partial charge on any atom is -0.378 e. The van der Waals surface area contributed by atoms with Crippen molar-refractivity contribution in [2.75, 3.05) is 54.5 Å². The zero-order chi connectivity index (χ0) is 25.2. The molecule has 0 aliphatic carbocycles. The molecule has 5 rings (SSSR count). The standard InChI is InChI=1S/C26H26Cl2FN5O2/c1-16-2-3-34(15-16)24-12-22(29)21(18-13-30-26(31-14-18)33-4-6-36-7-5-33)11-23(24)32-25(35)17-8-19(27)10-20(28)9-17/h8-14,16H,2-7,15H2,1H3,(H,32,35). The fourth-order valence-corrected chi connectivity index (χ4v) is 5.09. The van der Waals surface area contributed by atoms with Crippen molar-refractivity contribution in [3.8, 4) is 11.1 Å². The second-order valence-corrected chi connectivity index (χ2v) is 10.0. The smallest absolute Gasteiger partial charge is 0.255 e. The van der Waals surface area contributed by atoms with Gasteiger partial charge in [-0.2, -0.15) is 0 Å². The quantitative estimate of drug-likeness (QED) is 0.468. The number of anilines is 3. The molecule has 1 aromatic heterocycles. The Bertz CT molecular complexity index is 1250. The average Bonchev–Trinajstić information content (AvgIpc) is 3.31. The first-order valence-corrected chi connectivity index (χ1v) is 12.6. The fourth-order valence-electron chi connectivity index (χ4n) is 4.57. The number of morpholine rings is 1. The summed E-state index contributed by atoms with van der Waals surface area (Å²) in [6, 6.07) is 7.77. The first-order chi connectivity index (χ1) is 17.4. The lowest BCUT2D eigenvalue weighted by atomic mass is 10.1. The summed E-state index contributed by atoms with van der Waals surface area (Å²) in [7, 11) is 0. The predicted molar refractivity (Wildman–Crippen MR) is 141 cm³/mol. The molecule has 3 aromatic rings. The number of hydrogen-bond acceptors (Lipinski definition) is 6. The summed E-state index contributed by atoms with van der Waals surface area (Å²) in [5.74, 6) is 0.265. The Morgan fingerprint density at radius 3 is 2.36 bits per heavy atom.